The molecule has 2 aromatic heterocycles. The van der Waals surface area contributed by atoms with Gasteiger partial charge in [-0.2, -0.15) is 0 Å². The normalized spacial score (nSPS) is 20.3. The Bertz CT molecular complexity index is 934. The van der Waals surface area contributed by atoms with Crippen LogP contribution in [0.2, 0.25) is 0 Å². The van der Waals surface area contributed by atoms with Crippen molar-refractivity contribution in [3.05, 3.63) is 18.2 Å². The number of pyridine rings is 1. The lowest BCUT2D eigenvalue weighted by molar-refractivity contribution is -0.772. The Balaban J connectivity index is 2.11. The highest BCUT2D eigenvalue weighted by molar-refractivity contribution is 6.07. The summed E-state index contributed by atoms with van der Waals surface area (Å²) in [5, 5.41) is 16.1. The van der Waals surface area contributed by atoms with Crippen LogP contribution in [0.5, 0.6) is 5.75 Å². The second-order valence-corrected chi connectivity index (χ2v) is 6.28. The molecule has 1 aliphatic rings. The fourth-order valence-electron chi connectivity index (χ4n) is 3.06. The summed E-state index contributed by atoms with van der Waals surface area (Å²) in [6, 6.07) is 5.62. The minimum absolute atomic E-state index is 0.171. The molecule has 1 atom stereocenters. The average molecular weight is 330 g/mol. The van der Waals surface area contributed by atoms with Crippen LogP contribution in [-0.2, 0) is 18.0 Å². The third kappa shape index (κ3) is 2.26. The van der Waals surface area contributed by atoms with Gasteiger partial charge >= 0.3 is 0 Å². The third-order valence-corrected chi connectivity index (χ3v) is 4.14. The highest BCUT2D eigenvalue weighted by Crippen LogP contribution is 2.33. The fraction of sp³-hybridized carbons (Fsp3) is 0.438. The zero-order valence-corrected chi connectivity index (χ0v) is 13.7. The molecule has 0 unspecified atom stereocenters. The number of aromatic nitrogens is 4. The summed E-state index contributed by atoms with van der Waals surface area (Å²) in [5.41, 5.74) is 7.18. The van der Waals surface area contributed by atoms with Crippen LogP contribution in [0.25, 0.3) is 21.9 Å². The molecule has 0 bridgehead atoms. The van der Waals surface area contributed by atoms with Crippen molar-refractivity contribution in [2.75, 3.05) is 18.9 Å². The maximum Gasteiger partial charge on any atom is 0.291 e. The summed E-state index contributed by atoms with van der Waals surface area (Å²) >= 11 is 0. The van der Waals surface area contributed by atoms with E-state index in [0.29, 0.717) is 30.2 Å². The van der Waals surface area contributed by atoms with Gasteiger partial charge in [0.25, 0.3) is 5.52 Å². The van der Waals surface area contributed by atoms with Crippen molar-refractivity contribution in [2.45, 2.75) is 32.7 Å². The number of rotatable bonds is 3. The summed E-state index contributed by atoms with van der Waals surface area (Å²) in [6.07, 6.45) is 0. The molecule has 0 saturated carbocycles. The maximum absolute atomic E-state index is 10.7. The van der Waals surface area contributed by atoms with Gasteiger partial charge in [-0.05, 0) is 30.8 Å². The van der Waals surface area contributed by atoms with Gasteiger partial charge in [-0.1, -0.05) is 6.07 Å². The molecule has 0 radical (unpaired) electrons. The Labute approximate surface area is 138 Å². The van der Waals surface area contributed by atoms with E-state index in [1.54, 1.807) is 11.7 Å². The first-order chi connectivity index (χ1) is 11.5. The van der Waals surface area contributed by atoms with Crippen LogP contribution in [0.1, 0.15) is 13.8 Å². The van der Waals surface area contributed by atoms with E-state index in [1.165, 1.54) is 0 Å². The molecule has 8 nitrogen and oxygen atoms in total. The molecular formula is C16H20N5O3+. The van der Waals surface area contributed by atoms with Gasteiger partial charge in [-0.25, -0.2) is 4.98 Å². The fourth-order valence-corrected chi connectivity index (χ4v) is 3.06. The van der Waals surface area contributed by atoms with E-state index in [2.05, 4.69) is 10.1 Å². The molecule has 1 aromatic carbocycles. The summed E-state index contributed by atoms with van der Waals surface area (Å²) in [5.74, 6) is 1.01. The van der Waals surface area contributed by atoms with Crippen molar-refractivity contribution >= 4 is 27.8 Å². The molecule has 0 spiro atoms. The van der Waals surface area contributed by atoms with E-state index in [-0.39, 0.29) is 13.3 Å². The monoisotopic (exact) mass is 330 g/mol. The van der Waals surface area contributed by atoms with E-state index in [1.807, 2.05) is 29.8 Å². The number of nitrogens with two attached hydrogens (primary N) is 1. The molecule has 0 saturated heterocycles. The number of ether oxygens (including phenoxy) is 2. The lowest BCUT2D eigenvalue weighted by atomic mass is 10.1. The van der Waals surface area contributed by atoms with Crippen LogP contribution in [0, 0.1) is 0 Å². The molecule has 0 fully saturated rings. The van der Waals surface area contributed by atoms with Gasteiger partial charge in [0.1, 0.15) is 24.5 Å². The molecule has 1 aliphatic heterocycles. The SMILES string of the molecule is CCOCn1nc2c(N)nc3cccc4c3c2[n+]1C[C@](C)(O)CO4. The highest BCUT2D eigenvalue weighted by Gasteiger charge is 2.35. The number of nitrogens with zero attached hydrogens (tertiary/aromatic N) is 4. The van der Waals surface area contributed by atoms with E-state index >= 15 is 0 Å². The van der Waals surface area contributed by atoms with Crippen LogP contribution in [0.4, 0.5) is 5.82 Å². The summed E-state index contributed by atoms with van der Waals surface area (Å²) in [4.78, 5) is 6.13. The Morgan fingerprint density at radius 1 is 1.50 bits per heavy atom. The zero-order valence-electron chi connectivity index (χ0n) is 13.7. The van der Waals surface area contributed by atoms with E-state index < -0.39 is 5.60 Å². The zero-order chi connectivity index (χ0) is 16.9. The first-order valence-corrected chi connectivity index (χ1v) is 7.92. The standard InChI is InChI=1S/C16H19N5O3/c1-3-23-9-21-19-13-14-12-10(18-15(13)17)5-4-6-11(12)24-8-16(2,22)7-20(14)21/h4-6,17,22H,3,7-9H2,1-2H3/p+1/t16-/m0/s1. The van der Waals surface area contributed by atoms with Crippen LogP contribution in [0.3, 0.4) is 0 Å². The maximum atomic E-state index is 10.7. The smallest absolute Gasteiger partial charge is 0.291 e. The third-order valence-electron chi connectivity index (χ3n) is 4.14. The van der Waals surface area contributed by atoms with Gasteiger partial charge in [-0.15, -0.1) is 4.68 Å². The molecular weight excluding hydrogens is 310 g/mol. The molecule has 126 valence electrons. The van der Waals surface area contributed by atoms with E-state index in [4.69, 9.17) is 15.2 Å². The number of hydrogen-bond donors (Lipinski definition) is 2. The quantitative estimate of drug-likeness (QED) is 0.682. The summed E-state index contributed by atoms with van der Waals surface area (Å²) in [7, 11) is 0. The minimum atomic E-state index is -1.06. The minimum Gasteiger partial charge on any atom is -0.490 e. The average Bonchev–Trinajstić information content (AvgIpc) is 2.88. The van der Waals surface area contributed by atoms with E-state index in [0.717, 1.165) is 16.4 Å². The number of anilines is 1. The van der Waals surface area contributed by atoms with Crippen LogP contribution >= 0.6 is 0 Å². The molecule has 8 heteroatoms. The molecule has 24 heavy (non-hydrogen) atoms. The van der Waals surface area contributed by atoms with Gasteiger partial charge in [0.15, 0.2) is 12.5 Å². The molecule has 3 heterocycles. The molecule has 0 aliphatic carbocycles. The Kier molecular flexibility index (Phi) is 3.33. The molecule has 3 aromatic rings. The van der Waals surface area contributed by atoms with E-state index in [9.17, 15) is 5.11 Å². The predicted molar refractivity (Wildman–Crippen MR) is 87.4 cm³/mol. The summed E-state index contributed by atoms with van der Waals surface area (Å²) in [6.45, 7) is 4.97. The summed E-state index contributed by atoms with van der Waals surface area (Å²) < 4.78 is 13.3. The molecule has 3 N–H and O–H groups in total. The lowest BCUT2D eigenvalue weighted by Crippen LogP contribution is -2.55. The number of hydrogen-bond acceptors (Lipinski definition) is 6. The van der Waals surface area contributed by atoms with Crippen LogP contribution in [0.15, 0.2) is 18.2 Å². The lowest BCUT2D eigenvalue weighted by Gasteiger charge is -2.24. The predicted octanol–water partition coefficient (Wildman–Crippen LogP) is 0.592. The number of benzene rings is 1. The van der Waals surface area contributed by atoms with Crippen LogP contribution < -0.4 is 15.2 Å². The Morgan fingerprint density at radius 2 is 2.33 bits per heavy atom. The molecule has 4 rings (SSSR count). The van der Waals surface area contributed by atoms with Gasteiger partial charge in [0.05, 0.1) is 16.0 Å². The largest absolute Gasteiger partial charge is 0.490 e. The van der Waals surface area contributed by atoms with Crippen molar-refractivity contribution < 1.29 is 19.3 Å². The Hall–Kier alpha value is -2.45. The second-order valence-electron chi connectivity index (χ2n) is 6.28. The highest BCUT2D eigenvalue weighted by atomic mass is 16.5. The topological polar surface area (TPSA) is 99.3 Å². The first kappa shape index (κ1) is 15.1. The van der Waals surface area contributed by atoms with Gasteiger partial charge in [0, 0.05) is 6.61 Å². The second kappa shape index (κ2) is 5.29. The van der Waals surface area contributed by atoms with Crippen molar-refractivity contribution in [3.63, 3.8) is 0 Å². The van der Waals surface area contributed by atoms with Crippen LogP contribution in [-0.4, -0.2) is 38.8 Å². The van der Waals surface area contributed by atoms with Crippen molar-refractivity contribution in [2.24, 2.45) is 0 Å². The first-order valence-electron chi connectivity index (χ1n) is 7.92. The van der Waals surface area contributed by atoms with Gasteiger partial charge in [-0.3, -0.25) is 0 Å². The van der Waals surface area contributed by atoms with Crippen molar-refractivity contribution in [1.82, 2.24) is 14.9 Å². The van der Waals surface area contributed by atoms with Gasteiger partial charge < -0.3 is 20.3 Å². The number of aliphatic hydroxyl groups is 1. The van der Waals surface area contributed by atoms with Gasteiger partial charge in [0.2, 0.25) is 5.52 Å². The van der Waals surface area contributed by atoms with Crippen molar-refractivity contribution in [1.29, 1.82) is 0 Å². The molecule has 0 amide bonds. The Morgan fingerprint density at radius 3 is 3.12 bits per heavy atom. The number of nitrogen functional groups attached to an aromatic ring is 1. The van der Waals surface area contributed by atoms with Crippen molar-refractivity contribution in [3.8, 4) is 5.75 Å².